The van der Waals surface area contributed by atoms with Crippen molar-refractivity contribution in [3.05, 3.63) is 52.3 Å². The third kappa shape index (κ3) is 3.69. The largest absolute Gasteiger partial charge is 0.476 e. The number of anilines is 1. The summed E-state index contributed by atoms with van der Waals surface area (Å²) in [6, 6.07) is 4.96. The highest BCUT2D eigenvalue weighted by atomic mass is 16.5. The predicted molar refractivity (Wildman–Crippen MR) is 109 cm³/mol. The lowest BCUT2D eigenvalue weighted by molar-refractivity contribution is 0.242. The topological polar surface area (TPSA) is 27.7 Å². The van der Waals surface area contributed by atoms with Crippen LogP contribution in [0.2, 0.25) is 0 Å². The van der Waals surface area contributed by atoms with E-state index in [1.807, 2.05) is 0 Å². The summed E-state index contributed by atoms with van der Waals surface area (Å²) in [6.45, 7) is 17.1. The Morgan fingerprint density at radius 1 is 1.12 bits per heavy atom. The molecule has 2 aliphatic rings. The van der Waals surface area contributed by atoms with Crippen LogP contribution in [0.25, 0.3) is 0 Å². The molecule has 3 rings (SSSR count). The van der Waals surface area contributed by atoms with Gasteiger partial charge in [-0.2, -0.15) is 0 Å². The summed E-state index contributed by atoms with van der Waals surface area (Å²) in [6.07, 6.45) is 3.26. The van der Waals surface area contributed by atoms with Crippen molar-refractivity contribution in [2.45, 2.75) is 60.9 Å². The van der Waals surface area contributed by atoms with Gasteiger partial charge in [0.15, 0.2) is 0 Å². The molecule has 142 valence electrons. The van der Waals surface area contributed by atoms with Crippen molar-refractivity contribution < 1.29 is 4.74 Å². The second-order valence-corrected chi connectivity index (χ2v) is 8.23. The van der Waals surface area contributed by atoms with Crippen LogP contribution in [0.5, 0.6) is 0 Å². The second-order valence-electron chi connectivity index (χ2n) is 8.23. The van der Waals surface area contributed by atoms with E-state index >= 15 is 0 Å². The molecule has 0 bridgehead atoms. The summed E-state index contributed by atoms with van der Waals surface area (Å²) in [5.41, 5.74) is 7.88. The van der Waals surface area contributed by atoms with E-state index in [-0.39, 0.29) is 0 Å². The Morgan fingerprint density at radius 3 is 2.38 bits per heavy atom. The van der Waals surface area contributed by atoms with Gasteiger partial charge in [-0.1, -0.05) is 31.5 Å². The van der Waals surface area contributed by atoms with Crippen molar-refractivity contribution in [2.24, 2.45) is 5.92 Å². The third-order valence-electron chi connectivity index (χ3n) is 5.37. The molecule has 4 nitrogen and oxygen atoms in total. The van der Waals surface area contributed by atoms with E-state index in [0.717, 1.165) is 25.6 Å². The van der Waals surface area contributed by atoms with Gasteiger partial charge in [0.25, 0.3) is 0 Å². The van der Waals surface area contributed by atoms with Gasteiger partial charge in [0.2, 0.25) is 5.88 Å². The van der Waals surface area contributed by atoms with Gasteiger partial charge in [0, 0.05) is 17.1 Å². The third-order valence-corrected chi connectivity index (χ3v) is 5.37. The summed E-state index contributed by atoms with van der Waals surface area (Å²) >= 11 is 0. The zero-order valence-electron chi connectivity index (χ0n) is 17.3. The first-order valence-corrected chi connectivity index (χ1v) is 9.67. The lowest BCUT2D eigenvalue weighted by Crippen LogP contribution is -2.27. The molecule has 0 aromatic heterocycles. The van der Waals surface area contributed by atoms with E-state index < -0.39 is 0 Å². The Labute approximate surface area is 158 Å². The van der Waals surface area contributed by atoms with Crippen molar-refractivity contribution in [3.8, 4) is 0 Å². The van der Waals surface area contributed by atoms with E-state index in [4.69, 9.17) is 4.74 Å². The zero-order chi connectivity index (χ0) is 19.0. The van der Waals surface area contributed by atoms with Crippen LogP contribution in [-0.2, 0) is 4.74 Å². The number of ether oxygens (including phenoxy) is 1. The fourth-order valence-electron chi connectivity index (χ4n) is 4.13. The van der Waals surface area contributed by atoms with Gasteiger partial charge >= 0.3 is 0 Å². The highest BCUT2D eigenvalue weighted by molar-refractivity contribution is 5.64. The molecule has 0 amide bonds. The van der Waals surface area contributed by atoms with Gasteiger partial charge in [-0.25, -0.2) is 0 Å². The molecule has 1 atom stereocenters. The average molecular weight is 356 g/mol. The standard InChI is InChI=1S/C22H33N3O/c1-14(2)8-20-12-26-21(23-20)11-24-13-25(19(7)18(24)6)22-16(4)9-15(3)10-17(22)5/h9-11,14,20,23H,8,12-13H2,1-7H3/b21-11+/t20-/m0/s1. The number of rotatable bonds is 4. The second kappa shape index (κ2) is 7.26. The summed E-state index contributed by atoms with van der Waals surface area (Å²) in [4.78, 5) is 4.70. The van der Waals surface area contributed by atoms with E-state index in [0.29, 0.717) is 12.0 Å². The van der Waals surface area contributed by atoms with E-state index in [9.17, 15) is 0 Å². The van der Waals surface area contributed by atoms with Crippen molar-refractivity contribution in [2.75, 3.05) is 18.2 Å². The Kier molecular flexibility index (Phi) is 5.22. The van der Waals surface area contributed by atoms with E-state index in [1.165, 1.54) is 33.8 Å². The molecule has 1 aromatic carbocycles. The van der Waals surface area contributed by atoms with Crippen LogP contribution in [0, 0.1) is 26.7 Å². The van der Waals surface area contributed by atoms with Crippen molar-refractivity contribution in [1.29, 1.82) is 0 Å². The van der Waals surface area contributed by atoms with Crippen LogP contribution in [0.4, 0.5) is 5.69 Å². The SMILES string of the molecule is CC1=C(C)N(c2c(C)cc(C)cc2C)CN1/C=C1\N[C@@H](CC(C)C)CO1. The molecule has 1 fully saturated rings. The van der Waals surface area contributed by atoms with Crippen molar-refractivity contribution in [1.82, 2.24) is 10.2 Å². The van der Waals surface area contributed by atoms with E-state index in [2.05, 4.69) is 81.9 Å². The van der Waals surface area contributed by atoms with Crippen LogP contribution in [0.3, 0.4) is 0 Å². The first-order chi connectivity index (χ1) is 12.3. The molecule has 2 heterocycles. The van der Waals surface area contributed by atoms with Gasteiger partial charge in [-0.3, -0.25) is 0 Å². The van der Waals surface area contributed by atoms with Crippen LogP contribution in [0.15, 0.2) is 35.6 Å². The summed E-state index contributed by atoms with van der Waals surface area (Å²) in [5.74, 6) is 1.57. The van der Waals surface area contributed by atoms with Gasteiger partial charge in [0.1, 0.15) is 6.61 Å². The predicted octanol–water partition coefficient (Wildman–Crippen LogP) is 4.78. The van der Waals surface area contributed by atoms with Crippen LogP contribution in [0.1, 0.15) is 50.8 Å². The van der Waals surface area contributed by atoms with Crippen LogP contribution >= 0.6 is 0 Å². The summed E-state index contributed by atoms with van der Waals surface area (Å²) in [7, 11) is 0. The minimum Gasteiger partial charge on any atom is -0.476 e. The molecule has 0 spiro atoms. The molecular weight excluding hydrogens is 322 g/mol. The van der Waals surface area contributed by atoms with Gasteiger partial charge < -0.3 is 19.9 Å². The molecule has 1 N–H and O–H groups in total. The molecule has 1 saturated heterocycles. The number of allylic oxidation sites excluding steroid dienone is 2. The molecule has 0 unspecified atom stereocenters. The maximum Gasteiger partial charge on any atom is 0.204 e. The van der Waals surface area contributed by atoms with Crippen LogP contribution < -0.4 is 10.2 Å². The van der Waals surface area contributed by atoms with E-state index in [1.54, 1.807) is 0 Å². The average Bonchev–Trinajstić information content (AvgIpc) is 3.06. The fourth-order valence-corrected chi connectivity index (χ4v) is 4.13. The molecule has 0 aliphatic carbocycles. The Bertz CT molecular complexity index is 725. The molecule has 1 aromatic rings. The maximum absolute atomic E-state index is 5.88. The first-order valence-electron chi connectivity index (χ1n) is 9.67. The summed E-state index contributed by atoms with van der Waals surface area (Å²) in [5, 5.41) is 3.53. The highest BCUT2D eigenvalue weighted by Crippen LogP contribution is 2.35. The number of nitrogens with one attached hydrogen (secondary N) is 1. The molecule has 0 saturated carbocycles. The van der Waals surface area contributed by atoms with Gasteiger partial charge in [-0.15, -0.1) is 0 Å². The number of nitrogens with zero attached hydrogens (tertiary/aromatic N) is 2. The fraction of sp³-hybridized carbons (Fsp3) is 0.545. The smallest absolute Gasteiger partial charge is 0.204 e. The number of hydrogen-bond donors (Lipinski definition) is 1. The molecule has 26 heavy (non-hydrogen) atoms. The van der Waals surface area contributed by atoms with Gasteiger partial charge in [0.05, 0.1) is 18.9 Å². The first kappa shape index (κ1) is 18.7. The molecular formula is C22H33N3O. The molecule has 4 heteroatoms. The summed E-state index contributed by atoms with van der Waals surface area (Å²) < 4.78 is 5.88. The van der Waals surface area contributed by atoms with Crippen LogP contribution in [-0.4, -0.2) is 24.2 Å². The maximum atomic E-state index is 5.88. The Balaban J connectivity index is 1.79. The number of aryl methyl sites for hydroxylation is 3. The zero-order valence-corrected chi connectivity index (χ0v) is 17.3. The monoisotopic (exact) mass is 355 g/mol. The number of hydrogen-bond acceptors (Lipinski definition) is 4. The highest BCUT2D eigenvalue weighted by Gasteiger charge is 2.28. The lowest BCUT2D eigenvalue weighted by Gasteiger charge is -2.25. The Morgan fingerprint density at radius 2 is 1.77 bits per heavy atom. The number of benzene rings is 1. The van der Waals surface area contributed by atoms with Crippen molar-refractivity contribution >= 4 is 5.69 Å². The normalized spacial score (nSPS) is 21.8. The van der Waals surface area contributed by atoms with Crippen molar-refractivity contribution in [3.63, 3.8) is 0 Å². The Hall–Kier alpha value is -2.10. The molecule has 0 radical (unpaired) electrons. The van der Waals surface area contributed by atoms with Gasteiger partial charge in [-0.05, 0) is 58.1 Å². The minimum absolute atomic E-state index is 0.423. The molecule has 2 aliphatic heterocycles. The quantitative estimate of drug-likeness (QED) is 0.841. The minimum atomic E-state index is 0.423. The lowest BCUT2D eigenvalue weighted by atomic mass is 10.0.